The van der Waals surface area contributed by atoms with Crippen LogP contribution in [0.1, 0.15) is 6.92 Å². The van der Waals surface area contributed by atoms with E-state index in [1.807, 2.05) is 0 Å². The standard InChI is InChI=1S/C6H13BrN2O3S/c1-2-9-13(11,12)4-3-8-6(10)5-7/h9H,2-5H2,1H3,(H,8,10). The Bertz CT molecular complexity index is 253. The molecule has 0 heterocycles. The summed E-state index contributed by atoms with van der Waals surface area (Å²) in [7, 11) is -3.22. The van der Waals surface area contributed by atoms with E-state index in [2.05, 4.69) is 26.0 Å². The molecule has 1 amide bonds. The van der Waals surface area contributed by atoms with Gasteiger partial charge >= 0.3 is 0 Å². The van der Waals surface area contributed by atoms with E-state index in [1.54, 1.807) is 6.92 Å². The third-order valence-electron chi connectivity index (χ3n) is 1.18. The van der Waals surface area contributed by atoms with E-state index in [0.29, 0.717) is 6.54 Å². The summed E-state index contributed by atoms with van der Waals surface area (Å²) in [4.78, 5) is 10.7. The van der Waals surface area contributed by atoms with Gasteiger partial charge in [0, 0.05) is 13.1 Å². The minimum Gasteiger partial charge on any atom is -0.354 e. The molecule has 2 N–H and O–H groups in total. The van der Waals surface area contributed by atoms with Crippen molar-refractivity contribution in [3.8, 4) is 0 Å². The monoisotopic (exact) mass is 272 g/mol. The second-order valence-corrected chi connectivity index (χ2v) is 4.79. The van der Waals surface area contributed by atoms with Crippen LogP contribution in [0.5, 0.6) is 0 Å². The number of rotatable bonds is 6. The van der Waals surface area contributed by atoms with E-state index in [-0.39, 0.29) is 23.5 Å². The number of sulfonamides is 1. The fraction of sp³-hybridized carbons (Fsp3) is 0.833. The molecular weight excluding hydrogens is 260 g/mol. The molecule has 0 aliphatic heterocycles. The molecule has 5 nitrogen and oxygen atoms in total. The van der Waals surface area contributed by atoms with Crippen LogP contribution in [-0.4, -0.2) is 38.5 Å². The van der Waals surface area contributed by atoms with Gasteiger partial charge in [0.2, 0.25) is 15.9 Å². The number of amides is 1. The molecule has 0 aliphatic carbocycles. The summed E-state index contributed by atoms with van der Waals surface area (Å²) < 4.78 is 24.4. The van der Waals surface area contributed by atoms with Gasteiger partial charge in [-0.3, -0.25) is 4.79 Å². The van der Waals surface area contributed by atoms with Crippen LogP contribution in [0.25, 0.3) is 0 Å². The largest absolute Gasteiger partial charge is 0.354 e. The lowest BCUT2D eigenvalue weighted by molar-refractivity contribution is -0.118. The molecule has 0 aliphatic rings. The van der Waals surface area contributed by atoms with Gasteiger partial charge in [0.05, 0.1) is 11.1 Å². The minimum atomic E-state index is -3.22. The van der Waals surface area contributed by atoms with Gasteiger partial charge < -0.3 is 5.32 Å². The highest BCUT2D eigenvalue weighted by Gasteiger charge is 2.08. The highest BCUT2D eigenvalue weighted by atomic mass is 79.9. The Labute approximate surface area is 86.5 Å². The SMILES string of the molecule is CCNS(=O)(=O)CCNC(=O)CBr. The van der Waals surface area contributed by atoms with Crippen LogP contribution in [-0.2, 0) is 14.8 Å². The van der Waals surface area contributed by atoms with Crippen molar-refractivity contribution in [3.63, 3.8) is 0 Å². The molecule has 0 atom stereocenters. The van der Waals surface area contributed by atoms with Crippen molar-refractivity contribution in [2.24, 2.45) is 0 Å². The van der Waals surface area contributed by atoms with Gasteiger partial charge in [-0.15, -0.1) is 0 Å². The molecule has 0 rings (SSSR count). The normalized spacial score (nSPS) is 11.2. The molecule has 7 heteroatoms. The van der Waals surface area contributed by atoms with Crippen molar-refractivity contribution in [1.82, 2.24) is 10.0 Å². The van der Waals surface area contributed by atoms with Crippen LogP contribution < -0.4 is 10.0 Å². The van der Waals surface area contributed by atoms with E-state index in [4.69, 9.17) is 0 Å². The first kappa shape index (κ1) is 12.9. The lowest BCUT2D eigenvalue weighted by atomic mass is 10.6. The van der Waals surface area contributed by atoms with Gasteiger partial charge in [-0.1, -0.05) is 22.9 Å². The summed E-state index contributed by atoms with van der Waals surface area (Å²) in [5.74, 6) is -0.300. The summed E-state index contributed by atoms with van der Waals surface area (Å²) in [6.45, 7) is 2.21. The quantitative estimate of drug-likeness (QED) is 0.637. The maximum atomic E-state index is 11.0. The van der Waals surface area contributed by atoms with Crippen molar-refractivity contribution in [2.45, 2.75) is 6.92 Å². The fourth-order valence-corrected chi connectivity index (χ4v) is 1.82. The molecule has 0 unspecified atom stereocenters. The number of alkyl halides is 1. The molecule has 0 saturated heterocycles. The Morgan fingerprint density at radius 1 is 1.46 bits per heavy atom. The molecule has 13 heavy (non-hydrogen) atoms. The van der Waals surface area contributed by atoms with Crippen LogP contribution in [0.2, 0.25) is 0 Å². The zero-order valence-corrected chi connectivity index (χ0v) is 9.74. The lowest BCUT2D eigenvalue weighted by Gasteiger charge is -2.04. The maximum Gasteiger partial charge on any atom is 0.230 e. The Balaban J connectivity index is 3.70. The van der Waals surface area contributed by atoms with E-state index < -0.39 is 10.0 Å². The first-order valence-electron chi connectivity index (χ1n) is 3.82. The molecule has 78 valence electrons. The minimum absolute atomic E-state index is 0.0838. The van der Waals surface area contributed by atoms with Crippen LogP contribution in [0.3, 0.4) is 0 Å². The Morgan fingerprint density at radius 3 is 2.54 bits per heavy atom. The summed E-state index contributed by atoms with van der Waals surface area (Å²) >= 11 is 2.95. The van der Waals surface area contributed by atoms with Crippen LogP contribution in [0, 0.1) is 0 Å². The van der Waals surface area contributed by atoms with Gasteiger partial charge in [-0.25, -0.2) is 13.1 Å². The van der Waals surface area contributed by atoms with E-state index in [0.717, 1.165) is 0 Å². The average Bonchev–Trinajstić information content (AvgIpc) is 2.03. The number of nitrogens with one attached hydrogen (secondary N) is 2. The van der Waals surface area contributed by atoms with Crippen molar-refractivity contribution < 1.29 is 13.2 Å². The highest BCUT2D eigenvalue weighted by Crippen LogP contribution is 1.83. The molecule has 0 aromatic rings. The van der Waals surface area contributed by atoms with Crippen molar-refractivity contribution in [3.05, 3.63) is 0 Å². The summed E-state index contributed by atoms with van der Waals surface area (Å²) in [6.07, 6.45) is 0. The number of hydrogen-bond acceptors (Lipinski definition) is 3. The first-order chi connectivity index (χ1) is 6.02. The second kappa shape index (κ2) is 6.33. The van der Waals surface area contributed by atoms with E-state index in [9.17, 15) is 13.2 Å². The zero-order chi connectivity index (χ0) is 10.3. The predicted octanol–water partition coefficient (Wildman–Crippen LogP) is -0.563. The maximum absolute atomic E-state index is 11.0. The highest BCUT2D eigenvalue weighted by molar-refractivity contribution is 9.09. The van der Waals surface area contributed by atoms with E-state index in [1.165, 1.54) is 0 Å². The van der Waals surface area contributed by atoms with Crippen LogP contribution >= 0.6 is 15.9 Å². The second-order valence-electron chi connectivity index (χ2n) is 2.30. The topological polar surface area (TPSA) is 75.3 Å². The van der Waals surface area contributed by atoms with Gasteiger partial charge in [-0.05, 0) is 0 Å². The number of halogens is 1. The predicted molar refractivity (Wildman–Crippen MR) is 54.3 cm³/mol. The molecule has 0 aromatic carbocycles. The Kier molecular flexibility index (Phi) is 6.27. The van der Waals surface area contributed by atoms with Gasteiger partial charge in [0.15, 0.2) is 0 Å². The molecule has 0 aromatic heterocycles. The van der Waals surface area contributed by atoms with Crippen LogP contribution in [0.15, 0.2) is 0 Å². The van der Waals surface area contributed by atoms with Crippen molar-refractivity contribution in [2.75, 3.05) is 24.2 Å². The Morgan fingerprint density at radius 2 is 2.08 bits per heavy atom. The number of carbonyl (C=O) groups excluding carboxylic acids is 1. The Hall–Kier alpha value is -0.140. The van der Waals surface area contributed by atoms with Gasteiger partial charge in [-0.2, -0.15) is 0 Å². The number of hydrogen-bond donors (Lipinski definition) is 2. The lowest BCUT2D eigenvalue weighted by Crippen LogP contribution is -2.34. The molecule has 0 bridgehead atoms. The first-order valence-corrected chi connectivity index (χ1v) is 6.59. The molecule has 0 saturated carbocycles. The number of carbonyl (C=O) groups is 1. The van der Waals surface area contributed by atoms with E-state index >= 15 is 0 Å². The van der Waals surface area contributed by atoms with Gasteiger partial charge in [0.1, 0.15) is 0 Å². The molecule has 0 radical (unpaired) electrons. The third-order valence-corrected chi connectivity index (χ3v) is 3.16. The smallest absolute Gasteiger partial charge is 0.230 e. The van der Waals surface area contributed by atoms with Gasteiger partial charge in [0.25, 0.3) is 0 Å². The zero-order valence-electron chi connectivity index (χ0n) is 7.34. The van der Waals surface area contributed by atoms with Crippen molar-refractivity contribution >= 4 is 31.9 Å². The molecular formula is C6H13BrN2O3S. The molecule has 0 fully saturated rings. The van der Waals surface area contributed by atoms with Crippen LogP contribution in [0.4, 0.5) is 0 Å². The fourth-order valence-electron chi connectivity index (χ4n) is 0.664. The summed E-state index contributed by atoms with van der Waals surface area (Å²) in [5.41, 5.74) is 0. The molecule has 0 spiro atoms. The summed E-state index contributed by atoms with van der Waals surface area (Å²) in [6, 6.07) is 0. The average molecular weight is 273 g/mol. The van der Waals surface area contributed by atoms with Crippen molar-refractivity contribution in [1.29, 1.82) is 0 Å². The third kappa shape index (κ3) is 6.97. The summed E-state index contributed by atoms with van der Waals surface area (Å²) in [5, 5.41) is 2.63.